The van der Waals surface area contributed by atoms with Crippen LogP contribution < -0.4 is 15.8 Å². The lowest BCUT2D eigenvalue weighted by Crippen LogP contribution is -3.14. The van der Waals surface area contributed by atoms with Gasteiger partial charge in [0, 0.05) is 11.6 Å². The monoisotopic (exact) mass is 407 g/mol. The molecule has 3 heterocycles. The number of rotatable bonds is 6. The maximum absolute atomic E-state index is 13.2. The molecule has 7 nitrogen and oxygen atoms in total. The number of fused-ring (bicyclic) bond motifs is 1. The number of pyridine rings is 2. The third-order valence-electron chi connectivity index (χ3n) is 5.52. The number of carbonyl (C=O) groups is 1. The minimum absolute atomic E-state index is 0.152. The van der Waals surface area contributed by atoms with Gasteiger partial charge in [0.1, 0.15) is 24.3 Å². The summed E-state index contributed by atoms with van der Waals surface area (Å²) in [6.45, 7) is 7.14. The van der Waals surface area contributed by atoms with E-state index in [4.69, 9.17) is 4.74 Å². The Morgan fingerprint density at radius 1 is 1.20 bits per heavy atom. The number of nitrogens with zero attached hydrogens (tertiary/aromatic N) is 2. The van der Waals surface area contributed by atoms with E-state index >= 15 is 0 Å². The summed E-state index contributed by atoms with van der Waals surface area (Å²) >= 11 is 0. The Kier molecular flexibility index (Phi) is 6.21. The van der Waals surface area contributed by atoms with Gasteiger partial charge in [0.25, 0.3) is 11.5 Å². The first kappa shape index (κ1) is 20.3. The van der Waals surface area contributed by atoms with Crippen molar-refractivity contribution in [1.82, 2.24) is 14.9 Å². The van der Waals surface area contributed by atoms with Crippen LogP contribution in [-0.4, -0.2) is 54.9 Å². The number of ether oxygens (including phenoxy) is 1. The average molecular weight is 407 g/mol. The Balaban J connectivity index is 1.58. The molecule has 1 saturated heterocycles. The van der Waals surface area contributed by atoms with Gasteiger partial charge < -0.3 is 15.0 Å². The first-order chi connectivity index (χ1) is 14.6. The van der Waals surface area contributed by atoms with Gasteiger partial charge in [-0.15, -0.1) is 0 Å². The minimum atomic E-state index is -0.337. The van der Waals surface area contributed by atoms with Gasteiger partial charge in [-0.1, -0.05) is 29.8 Å². The van der Waals surface area contributed by atoms with Crippen molar-refractivity contribution in [2.24, 2.45) is 0 Å². The van der Waals surface area contributed by atoms with E-state index in [0.29, 0.717) is 18.7 Å². The van der Waals surface area contributed by atoms with Crippen molar-refractivity contribution in [3.63, 3.8) is 0 Å². The van der Waals surface area contributed by atoms with Crippen LogP contribution in [0.2, 0.25) is 0 Å². The first-order valence-electron chi connectivity index (χ1n) is 10.4. The maximum atomic E-state index is 13.2. The van der Waals surface area contributed by atoms with Gasteiger partial charge in [0.15, 0.2) is 0 Å². The number of hydrogen-bond donors (Lipinski definition) is 2. The fourth-order valence-corrected chi connectivity index (χ4v) is 3.75. The lowest BCUT2D eigenvalue weighted by Gasteiger charge is -2.23. The molecule has 0 unspecified atom stereocenters. The molecule has 1 aliphatic rings. The average Bonchev–Trinajstić information content (AvgIpc) is 2.77. The molecule has 1 amide bonds. The van der Waals surface area contributed by atoms with Crippen LogP contribution in [0.3, 0.4) is 0 Å². The summed E-state index contributed by atoms with van der Waals surface area (Å²) in [4.78, 5) is 31.8. The van der Waals surface area contributed by atoms with Gasteiger partial charge in [0.2, 0.25) is 0 Å². The Labute approximate surface area is 175 Å². The zero-order valence-corrected chi connectivity index (χ0v) is 17.2. The zero-order valence-electron chi connectivity index (χ0n) is 17.2. The molecule has 0 atom stereocenters. The smallest absolute Gasteiger partial charge is 0.265 e. The molecule has 1 aliphatic heterocycles. The predicted octanol–water partition coefficient (Wildman–Crippen LogP) is 0.398. The summed E-state index contributed by atoms with van der Waals surface area (Å²) in [5, 5.41) is 3.69. The van der Waals surface area contributed by atoms with Crippen molar-refractivity contribution < 1.29 is 14.4 Å². The van der Waals surface area contributed by atoms with Gasteiger partial charge in [-0.3, -0.25) is 14.2 Å². The SMILES string of the molecule is Cc1ccc(Cn2c(=O)c(C(=O)NCC[NH+]3CCOCC3)cc3cccnc32)cc1. The van der Waals surface area contributed by atoms with Crippen molar-refractivity contribution >= 4 is 16.9 Å². The van der Waals surface area contributed by atoms with E-state index in [2.05, 4.69) is 10.3 Å². The van der Waals surface area contributed by atoms with Gasteiger partial charge in [-0.25, -0.2) is 4.98 Å². The summed E-state index contributed by atoms with van der Waals surface area (Å²) in [7, 11) is 0. The summed E-state index contributed by atoms with van der Waals surface area (Å²) < 4.78 is 6.95. The quantitative estimate of drug-likeness (QED) is 0.620. The Hall–Kier alpha value is -3.03. The number of benzene rings is 1. The molecule has 7 heteroatoms. The zero-order chi connectivity index (χ0) is 20.9. The molecule has 1 aromatic carbocycles. The molecule has 0 spiro atoms. The van der Waals surface area contributed by atoms with E-state index in [9.17, 15) is 9.59 Å². The standard InChI is InChI=1S/C23H26N4O3/c1-17-4-6-18(7-5-17)16-27-21-19(3-2-8-24-21)15-20(23(27)29)22(28)25-9-10-26-11-13-30-14-12-26/h2-8,15H,9-14,16H2,1H3,(H,25,28)/p+1. The second kappa shape index (κ2) is 9.19. The van der Waals surface area contributed by atoms with Gasteiger partial charge in [0.05, 0.1) is 32.8 Å². The van der Waals surface area contributed by atoms with Gasteiger partial charge in [-0.2, -0.15) is 0 Å². The topological polar surface area (TPSA) is 77.7 Å². The minimum Gasteiger partial charge on any atom is -0.370 e. The van der Waals surface area contributed by atoms with Crippen LogP contribution in [0, 0.1) is 6.92 Å². The fraction of sp³-hybridized carbons (Fsp3) is 0.348. The third-order valence-corrected chi connectivity index (χ3v) is 5.52. The number of carbonyl (C=O) groups excluding carboxylic acids is 1. The normalized spacial score (nSPS) is 14.7. The molecule has 3 aromatic rings. The molecule has 2 N–H and O–H groups in total. The maximum Gasteiger partial charge on any atom is 0.265 e. The second-order valence-electron chi connectivity index (χ2n) is 7.72. The van der Waals surface area contributed by atoms with Crippen LogP contribution in [0.5, 0.6) is 0 Å². The molecule has 30 heavy (non-hydrogen) atoms. The molecule has 1 fully saturated rings. The predicted molar refractivity (Wildman–Crippen MR) is 115 cm³/mol. The van der Waals surface area contributed by atoms with Crippen LogP contribution in [0.15, 0.2) is 53.5 Å². The van der Waals surface area contributed by atoms with E-state index < -0.39 is 0 Å². The molecule has 0 saturated carbocycles. The van der Waals surface area contributed by atoms with Crippen LogP contribution >= 0.6 is 0 Å². The molecular formula is C23H27N4O3+. The summed E-state index contributed by atoms with van der Waals surface area (Å²) in [5.41, 5.74) is 2.56. The summed E-state index contributed by atoms with van der Waals surface area (Å²) in [6, 6.07) is 13.4. The van der Waals surface area contributed by atoms with E-state index in [1.165, 1.54) is 4.90 Å². The molecule has 2 aromatic heterocycles. The Morgan fingerprint density at radius 3 is 2.73 bits per heavy atom. The summed E-state index contributed by atoms with van der Waals surface area (Å²) in [6.07, 6.45) is 1.66. The van der Waals surface area contributed by atoms with Crippen molar-refractivity contribution in [2.45, 2.75) is 13.5 Å². The highest BCUT2D eigenvalue weighted by Crippen LogP contribution is 2.13. The van der Waals surface area contributed by atoms with Crippen LogP contribution in [-0.2, 0) is 11.3 Å². The van der Waals surface area contributed by atoms with Crippen LogP contribution in [0.25, 0.3) is 11.0 Å². The fourth-order valence-electron chi connectivity index (χ4n) is 3.75. The first-order valence-corrected chi connectivity index (χ1v) is 10.4. The van der Waals surface area contributed by atoms with Gasteiger partial charge in [-0.05, 0) is 30.7 Å². The Bertz CT molecular complexity index is 1090. The van der Waals surface area contributed by atoms with Crippen molar-refractivity contribution in [1.29, 1.82) is 0 Å². The number of morpholine rings is 1. The number of nitrogens with one attached hydrogen (secondary N) is 2. The summed E-state index contributed by atoms with van der Waals surface area (Å²) in [5.74, 6) is -0.337. The van der Waals surface area contributed by atoms with Crippen molar-refractivity contribution in [3.8, 4) is 0 Å². The number of aryl methyl sites for hydroxylation is 1. The molecular weight excluding hydrogens is 380 g/mol. The lowest BCUT2D eigenvalue weighted by molar-refractivity contribution is -0.906. The largest absolute Gasteiger partial charge is 0.370 e. The third kappa shape index (κ3) is 4.58. The molecule has 0 aliphatic carbocycles. The van der Waals surface area contributed by atoms with Crippen LogP contribution in [0.4, 0.5) is 0 Å². The number of aromatic nitrogens is 2. The van der Waals surface area contributed by atoms with Crippen molar-refractivity contribution in [2.75, 3.05) is 39.4 Å². The highest BCUT2D eigenvalue weighted by Gasteiger charge is 2.18. The Morgan fingerprint density at radius 2 is 1.97 bits per heavy atom. The number of hydrogen-bond acceptors (Lipinski definition) is 4. The highest BCUT2D eigenvalue weighted by molar-refractivity contribution is 5.96. The molecule has 0 radical (unpaired) electrons. The number of quaternary nitrogens is 1. The van der Waals surface area contributed by atoms with Crippen LogP contribution in [0.1, 0.15) is 21.5 Å². The van der Waals surface area contributed by atoms with E-state index in [1.54, 1.807) is 16.8 Å². The molecule has 0 bridgehead atoms. The molecule has 156 valence electrons. The second-order valence-corrected chi connectivity index (χ2v) is 7.72. The molecule has 4 rings (SSSR count). The van der Waals surface area contributed by atoms with E-state index in [0.717, 1.165) is 49.4 Å². The van der Waals surface area contributed by atoms with E-state index in [1.807, 2.05) is 43.3 Å². The van der Waals surface area contributed by atoms with E-state index in [-0.39, 0.29) is 17.0 Å². The number of amides is 1. The van der Waals surface area contributed by atoms with Gasteiger partial charge >= 0.3 is 0 Å². The van der Waals surface area contributed by atoms with Crippen molar-refractivity contribution in [3.05, 3.63) is 75.7 Å². The highest BCUT2D eigenvalue weighted by atomic mass is 16.5. The lowest BCUT2D eigenvalue weighted by atomic mass is 10.1.